The fourth-order valence-corrected chi connectivity index (χ4v) is 1.83. The van der Waals surface area contributed by atoms with Gasteiger partial charge in [-0.2, -0.15) is 0 Å². The van der Waals surface area contributed by atoms with E-state index in [9.17, 15) is 4.79 Å². The Morgan fingerprint density at radius 2 is 1.73 bits per heavy atom. The summed E-state index contributed by atoms with van der Waals surface area (Å²) in [5, 5.41) is 2.75. The number of carbonyl (C=O) groups excluding carboxylic acids is 1. The van der Waals surface area contributed by atoms with Crippen LogP contribution in [0.2, 0.25) is 0 Å². The van der Waals surface area contributed by atoms with Crippen LogP contribution in [-0.2, 0) is 9.53 Å². The van der Waals surface area contributed by atoms with E-state index < -0.39 is 0 Å². The van der Waals surface area contributed by atoms with Gasteiger partial charge in [0.25, 0.3) is 0 Å². The Morgan fingerprint density at radius 1 is 1.05 bits per heavy atom. The Kier molecular flexibility index (Phi) is 5.80. The van der Waals surface area contributed by atoms with Gasteiger partial charge >= 0.3 is 0 Å². The molecule has 0 saturated heterocycles. The highest BCUT2D eigenvalue weighted by Gasteiger charge is 2.05. The van der Waals surface area contributed by atoms with Crippen molar-refractivity contribution < 1.29 is 19.0 Å². The maximum absolute atomic E-state index is 11.5. The van der Waals surface area contributed by atoms with Gasteiger partial charge in [0.05, 0.1) is 7.11 Å². The number of para-hydroxylation sites is 2. The lowest BCUT2D eigenvalue weighted by Gasteiger charge is -2.10. The third-order valence-electron chi connectivity index (χ3n) is 2.87. The second kappa shape index (κ2) is 8.05. The molecule has 2 rings (SSSR count). The maximum atomic E-state index is 11.5. The molecular weight excluding hydrogens is 282 g/mol. The molecule has 0 spiro atoms. The van der Waals surface area contributed by atoms with E-state index in [1.165, 1.54) is 0 Å². The summed E-state index contributed by atoms with van der Waals surface area (Å²) < 4.78 is 16.0. The van der Waals surface area contributed by atoms with Crippen molar-refractivity contribution in [2.24, 2.45) is 0 Å². The number of anilines is 1. The molecule has 0 aliphatic carbocycles. The van der Waals surface area contributed by atoms with Crippen LogP contribution in [0.25, 0.3) is 0 Å². The molecular formula is C17H19NO4. The molecule has 22 heavy (non-hydrogen) atoms. The van der Waals surface area contributed by atoms with E-state index >= 15 is 0 Å². The number of benzene rings is 2. The van der Waals surface area contributed by atoms with Crippen molar-refractivity contribution >= 4 is 11.6 Å². The van der Waals surface area contributed by atoms with Gasteiger partial charge in [0.2, 0.25) is 5.91 Å². The summed E-state index contributed by atoms with van der Waals surface area (Å²) in [6.07, 6.45) is 0. The number of hydrogen-bond donors (Lipinski definition) is 1. The van der Waals surface area contributed by atoms with Crippen molar-refractivity contribution in [3.8, 4) is 17.2 Å². The summed E-state index contributed by atoms with van der Waals surface area (Å²) in [7, 11) is 1.60. The molecule has 2 aromatic carbocycles. The predicted molar refractivity (Wildman–Crippen MR) is 84.6 cm³/mol. The zero-order valence-electron chi connectivity index (χ0n) is 12.7. The second-order valence-electron chi connectivity index (χ2n) is 4.46. The lowest BCUT2D eigenvalue weighted by molar-refractivity contribution is -0.120. The van der Waals surface area contributed by atoms with E-state index in [2.05, 4.69) is 5.32 Å². The average molecular weight is 301 g/mol. The van der Waals surface area contributed by atoms with Crippen molar-refractivity contribution in [3.63, 3.8) is 0 Å². The van der Waals surface area contributed by atoms with E-state index in [4.69, 9.17) is 14.2 Å². The summed E-state index contributed by atoms with van der Waals surface area (Å²) in [6.45, 7) is 2.41. The highest BCUT2D eigenvalue weighted by atomic mass is 16.5. The van der Waals surface area contributed by atoms with Crippen LogP contribution in [0.1, 0.15) is 6.92 Å². The molecule has 0 saturated carbocycles. The number of ether oxygens (including phenoxy) is 3. The Hall–Kier alpha value is -2.53. The molecule has 0 aliphatic heterocycles. The van der Waals surface area contributed by atoms with Gasteiger partial charge in [-0.05, 0) is 43.3 Å². The van der Waals surface area contributed by atoms with Crippen LogP contribution in [0, 0.1) is 0 Å². The first-order valence-electron chi connectivity index (χ1n) is 7.01. The number of hydrogen-bond acceptors (Lipinski definition) is 4. The number of methoxy groups -OCH3 is 1. The average Bonchev–Trinajstić information content (AvgIpc) is 2.55. The Balaban J connectivity index is 1.98. The first-order valence-corrected chi connectivity index (χ1v) is 7.01. The minimum atomic E-state index is -0.180. The second-order valence-corrected chi connectivity index (χ2v) is 4.46. The molecule has 116 valence electrons. The largest absolute Gasteiger partial charge is 0.493 e. The molecule has 5 heteroatoms. The Labute approximate surface area is 129 Å². The van der Waals surface area contributed by atoms with Crippen LogP contribution in [0.15, 0.2) is 48.5 Å². The molecule has 2 aromatic rings. The molecule has 0 atom stereocenters. The fourth-order valence-electron chi connectivity index (χ4n) is 1.83. The summed E-state index contributed by atoms with van der Waals surface area (Å²) in [5.74, 6) is 1.78. The summed E-state index contributed by atoms with van der Waals surface area (Å²) >= 11 is 0. The summed E-state index contributed by atoms with van der Waals surface area (Å²) in [6, 6.07) is 14.5. The predicted octanol–water partition coefficient (Wildman–Crippen LogP) is 3.46. The molecule has 0 fully saturated rings. The summed E-state index contributed by atoms with van der Waals surface area (Å²) in [5.41, 5.74) is 0.692. The van der Waals surface area contributed by atoms with Gasteiger partial charge in [-0.15, -0.1) is 0 Å². The van der Waals surface area contributed by atoms with Crippen molar-refractivity contribution in [2.75, 3.05) is 25.6 Å². The van der Waals surface area contributed by atoms with E-state index in [-0.39, 0.29) is 12.5 Å². The van der Waals surface area contributed by atoms with Crippen LogP contribution in [0.4, 0.5) is 5.69 Å². The van der Waals surface area contributed by atoms with Gasteiger partial charge < -0.3 is 19.5 Å². The van der Waals surface area contributed by atoms with Crippen molar-refractivity contribution in [3.05, 3.63) is 48.5 Å². The van der Waals surface area contributed by atoms with Gasteiger partial charge in [0.1, 0.15) is 12.4 Å². The summed E-state index contributed by atoms with van der Waals surface area (Å²) in [4.78, 5) is 11.5. The normalized spacial score (nSPS) is 10.1. The first kappa shape index (κ1) is 15.9. The van der Waals surface area contributed by atoms with Crippen molar-refractivity contribution in [1.82, 2.24) is 0 Å². The number of nitrogens with one attached hydrogen (secondary N) is 1. The molecule has 0 radical (unpaired) electrons. The van der Waals surface area contributed by atoms with Gasteiger partial charge in [0, 0.05) is 12.3 Å². The smallest absolute Gasteiger partial charge is 0.250 e. The molecule has 0 unspecified atom stereocenters. The third kappa shape index (κ3) is 4.49. The minimum absolute atomic E-state index is 0.0516. The molecule has 0 heterocycles. The maximum Gasteiger partial charge on any atom is 0.250 e. The van der Waals surface area contributed by atoms with E-state index in [0.29, 0.717) is 29.5 Å². The highest BCUT2D eigenvalue weighted by molar-refractivity contribution is 5.91. The van der Waals surface area contributed by atoms with Gasteiger partial charge in [-0.1, -0.05) is 12.1 Å². The van der Waals surface area contributed by atoms with Crippen LogP contribution in [-0.4, -0.2) is 26.2 Å². The number of carbonyl (C=O) groups is 1. The third-order valence-corrected chi connectivity index (χ3v) is 2.87. The molecule has 0 aromatic heterocycles. The van der Waals surface area contributed by atoms with Crippen LogP contribution in [0.3, 0.4) is 0 Å². The fraction of sp³-hybridized carbons (Fsp3) is 0.235. The topological polar surface area (TPSA) is 56.8 Å². The molecule has 0 aliphatic rings. The van der Waals surface area contributed by atoms with E-state index in [1.54, 1.807) is 31.4 Å². The van der Waals surface area contributed by atoms with E-state index in [0.717, 1.165) is 0 Å². The molecule has 1 amide bonds. The van der Waals surface area contributed by atoms with Gasteiger partial charge in [-0.3, -0.25) is 4.79 Å². The Bertz CT molecular complexity index is 610. The van der Waals surface area contributed by atoms with Gasteiger partial charge in [-0.25, -0.2) is 0 Å². The van der Waals surface area contributed by atoms with Crippen molar-refractivity contribution in [1.29, 1.82) is 0 Å². The SMILES string of the molecule is CCOCC(=O)Nc1ccc(Oc2ccccc2OC)cc1. The van der Waals surface area contributed by atoms with Gasteiger partial charge in [0.15, 0.2) is 11.5 Å². The lowest BCUT2D eigenvalue weighted by atomic mass is 10.3. The molecule has 5 nitrogen and oxygen atoms in total. The standard InChI is InChI=1S/C17H19NO4/c1-3-21-12-17(19)18-13-8-10-14(11-9-13)22-16-7-5-4-6-15(16)20-2/h4-11H,3,12H2,1-2H3,(H,18,19). The quantitative estimate of drug-likeness (QED) is 0.851. The van der Waals surface area contributed by atoms with Crippen molar-refractivity contribution in [2.45, 2.75) is 6.92 Å². The van der Waals surface area contributed by atoms with Crippen LogP contribution < -0.4 is 14.8 Å². The zero-order valence-corrected chi connectivity index (χ0v) is 12.7. The Morgan fingerprint density at radius 3 is 2.36 bits per heavy atom. The van der Waals surface area contributed by atoms with Crippen LogP contribution >= 0.6 is 0 Å². The van der Waals surface area contributed by atoms with Crippen LogP contribution in [0.5, 0.6) is 17.2 Å². The minimum Gasteiger partial charge on any atom is -0.493 e. The number of amides is 1. The molecule has 0 bridgehead atoms. The molecule has 1 N–H and O–H groups in total. The number of rotatable bonds is 7. The zero-order chi connectivity index (χ0) is 15.8. The monoisotopic (exact) mass is 301 g/mol. The highest BCUT2D eigenvalue weighted by Crippen LogP contribution is 2.31. The first-order chi connectivity index (χ1) is 10.7. The lowest BCUT2D eigenvalue weighted by Crippen LogP contribution is -2.18. The van der Waals surface area contributed by atoms with E-state index in [1.807, 2.05) is 31.2 Å².